The summed E-state index contributed by atoms with van der Waals surface area (Å²) in [6.45, 7) is 4.05. The number of aromatic nitrogens is 2. The number of nitrogens with zero attached hydrogens (tertiary/aromatic N) is 3. The molecule has 130 valence electrons. The highest BCUT2D eigenvalue weighted by Gasteiger charge is 2.22. The van der Waals surface area contributed by atoms with Crippen LogP contribution in [0.5, 0.6) is 0 Å². The van der Waals surface area contributed by atoms with E-state index in [1.807, 2.05) is 12.1 Å². The zero-order valence-corrected chi connectivity index (χ0v) is 15.6. The standard InChI is InChI=1S/C19H19ClFN3S/c1-12-15(13-6-8-14(21)9-7-13)16-17(22-19(20)23-18(16)25-12)24-10-4-2-3-5-11-24/h6-9H,2-5,10-11H2,1H3. The number of fused-ring (bicyclic) bond motifs is 1. The summed E-state index contributed by atoms with van der Waals surface area (Å²) in [5.41, 5.74) is 2.09. The molecular weight excluding hydrogens is 357 g/mol. The van der Waals surface area contributed by atoms with Crippen molar-refractivity contribution in [3.8, 4) is 11.1 Å². The first-order valence-electron chi connectivity index (χ1n) is 8.61. The van der Waals surface area contributed by atoms with Gasteiger partial charge in [0.05, 0.1) is 5.39 Å². The molecule has 3 aromatic rings. The van der Waals surface area contributed by atoms with Gasteiger partial charge in [-0.05, 0) is 49.1 Å². The molecule has 2 aromatic heterocycles. The summed E-state index contributed by atoms with van der Waals surface area (Å²) in [5, 5.41) is 1.33. The molecule has 0 bridgehead atoms. The van der Waals surface area contributed by atoms with E-state index in [0.717, 1.165) is 58.0 Å². The predicted molar refractivity (Wildman–Crippen MR) is 103 cm³/mol. The molecule has 0 saturated carbocycles. The molecule has 0 atom stereocenters. The van der Waals surface area contributed by atoms with Gasteiger partial charge in [0.25, 0.3) is 0 Å². The van der Waals surface area contributed by atoms with Crippen molar-refractivity contribution < 1.29 is 4.39 Å². The first-order valence-corrected chi connectivity index (χ1v) is 9.80. The average Bonchev–Trinajstić information content (AvgIpc) is 2.77. The Morgan fingerprint density at radius 1 is 1.04 bits per heavy atom. The molecule has 0 unspecified atom stereocenters. The van der Waals surface area contributed by atoms with E-state index in [0.29, 0.717) is 5.28 Å². The summed E-state index contributed by atoms with van der Waals surface area (Å²) < 4.78 is 13.4. The number of benzene rings is 1. The summed E-state index contributed by atoms with van der Waals surface area (Å²) >= 11 is 7.84. The average molecular weight is 376 g/mol. The van der Waals surface area contributed by atoms with Gasteiger partial charge < -0.3 is 4.90 Å². The maximum atomic E-state index is 13.4. The van der Waals surface area contributed by atoms with Crippen LogP contribution in [0.25, 0.3) is 21.3 Å². The fourth-order valence-electron chi connectivity index (χ4n) is 3.54. The van der Waals surface area contributed by atoms with Crippen molar-refractivity contribution in [3.05, 3.63) is 40.2 Å². The minimum Gasteiger partial charge on any atom is -0.356 e. The molecule has 1 aliphatic heterocycles. The van der Waals surface area contributed by atoms with E-state index in [-0.39, 0.29) is 5.82 Å². The number of hydrogen-bond donors (Lipinski definition) is 0. The van der Waals surface area contributed by atoms with Crippen molar-refractivity contribution >= 4 is 39.0 Å². The van der Waals surface area contributed by atoms with E-state index >= 15 is 0 Å². The number of thiophene rings is 1. The third kappa shape index (κ3) is 3.23. The first kappa shape index (κ1) is 16.7. The highest BCUT2D eigenvalue weighted by atomic mass is 35.5. The molecule has 3 nitrogen and oxygen atoms in total. The Kier molecular flexibility index (Phi) is 4.61. The third-order valence-electron chi connectivity index (χ3n) is 4.72. The minimum atomic E-state index is -0.229. The van der Waals surface area contributed by atoms with Crippen LogP contribution in [-0.2, 0) is 0 Å². The first-order chi connectivity index (χ1) is 12.1. The van der Waals surface area contributed by atoms with E-state index < -0.39 is 0 Å². The van der Waals surface area contributed by atoms with Crippen molar-refractivity contribution in [1.82, 2.24) is 9.97 Å². The largest absolute Gasteiger partial charge is 0.356 e. The number of hydrogen-bond acceptors (Lipinski definition) is 4. The number of rotatable bonds is 2. The summed E-state index contributed by atoms with van der Waals surface area (Å²) in [7, 11) is 0. The van der Waals surface area contributed by atoms with Crippen LogP contribution in [0.1, 0.15) is 30.6 Å². The molecule has 0 aliphatic carbocycles. The molecule has 3 heterocycles. The van der Waals surface area contributed by atoms with Crippen LogP contribution in [0.4, 0.5) is 10.2 Å². The molecule has 1 aliphatic rings. The summed E-state index contributed by atoms with van der Waals surface area (Å²) in [6, 6.07) is 6.65. The highest BCUT2D eigenvalue weighted by Crippen LogP contribution is 2.42. The predicted octanol–water partition coefficient (Wildman–Crippen LogP) is 5.84. The normalized spacial score (nSPS) is 15.6. The van der Waals surface area contributed by atoms with Crippen LogP contribution < -0.4 is 4.90 Å². The van der Waals surface area contributed by atoms with Crippen molar-refractivity contribution in [1.29, 1.82) is 0 Å². The Balaban J connectivity index is 1.94. The van der Waals surface area contributed by atoms with Gasteiger partial charge in [0, 0.05) is 23.5 Å². The lowest BCUT2D eigenvalue weighted by molar-refractivity contribution is 0.628. The molecular formula is C19H19ClFN3S. The summed E-state index contributed by atoms with van der Waals surface area (Å²) in [6.07, 6.45) is 4.84. The van der Waals surface area contributed by atoms with Crippen molar-refractivity contribution in [2.75, 3.05) is 18.0 Å². The minimum absolute atomic E-state index is 0.229. The lowest BCUT2D eigenvalue weighted by Crippen LogP contribution is -2.25. The van der Waals surface area contributed by atoms with Gasteiger partial charge in [-0.15, -0.1) is 11.3 Å². The van der Waals surface area contributed by atoms with Crippen molar-refractivity contribution in [3.63, 3.8) is 0 Å². The lowest BCUT2D eigenvalue weighted by atomic mass is 10.0. The maximum absolute atomic E-state index is 13.4. The second-order valence-corrected chi connectivity index (χ2v) is 7.98. The Morgan fingerprint density at radius 2 is 1.72 bits per heavy atom. The molecule has 1 aromatic carbocycles. The van der Waals surface area contributed by atoms with E-state index in [4.69, 9.17) is 11.6 Å². The molecule has 0 radical (unpaired) electrons. The summed E-state index contributed by atoms with van der Waals surface area (Å²) in [4.78, 5) is 13.4. The Bertz CT molecular complexity index is 899. The van der Waals surface area contributed by atoms with Gasteiger partial charge in [0.15, 0.2) is 0 Å². The SMILES string of the molecule is Cc1sc2nc(Cl)nc(N3CCCCCC3)c2c1-c1ccc(F)cc1. The molecule has 4 rings (SSSR count). The smallest absolute Gasteiger partial charge is 0.225 e. The van der Waals surface area contributed by atoms with E-state index in [1.54, 1.807) is 11.3 Å². The van der Waals surface area contributed by atoms with Crippen LogP contribution >= 0.6 is 22.9 Å². The quantitative estimate of drug-likeness (QED) is 0.527. The third-order valence-corrected chi connectivity index (χ3v) is 5.89. The van der Waals surface area contributed by atoms with Crippen LogP contribution in [0, 0.1) is 12.7 Å². The number of anilines is 1. The van der Waals surface area contributed by atoms with E-state index in [9.17, 15) is 4.39 Å². The molecule has 0 N–H and O–H groups in total. The number of halogens is 2. The summed E-state index contributed by atoms with van der Waals surface area (Å²) in [5.74, 6) is 0.688. The van der Waals surface area contributed by atoms with Crippen LogP contribution in [0.3, 0.4) is 0 Å². The molecule has 25 heavy (non-hydrogen) atoms. The number of aryl methyl sites for hydroxylation is 1. The topological polar surface area (TPSA) is 29.0 Å². The fourth-order valence-corrected chi connectivity index (χ4v) is 4.80. The lowest BCUT2D eigenvalue weighted by Gasteiger charge is -2.23. The molecule has 1 saturated heterocycles. The van der Waals surface area contributed by atoms with Crippen LogP contribution in [0.2, 0.25) is 5.28 Å². The van der Waals surface area contributed by atoms with Crippen molar-refractivity contribution in [2.45, 2.75) is 32.6 Å². The fraction of sp³-hybridized carbons (Fsp3) is 0.368. The second kappa shape index (κ2) is 6.89. The molecule has 0 amide bonds. The van der Waals surface area contributed by atoms with Crippen LogP contribution in [-0.4, -0.2) is 23.1 Å². The van der Waals surface area contributed by atoms with E-state index in [2.05, 4.69) is 21.8 Å². The molecule has 1 fully saturated rings. The zero-order chi connectivity index (χ0) is 17.4. The Labute approximate surface area is 155 Å². The van der Waals surface area contributed by atoms with Gasteiger partial charge in [-0.25, -0.2) is 9.37 Å². The van der Waals surface area contributed by atoms with E-state index in [1.165, 1.54) is 25.0 Å². The van der Waals surface area contributed by atoms with Gasteiger partial charge in [-0.3, -0.25) is 0 Å². The van der Waals surface area contributed by atoms with Crippen molar-refractivity contribution in [2.24, 2.45) is 0 Å². The van der Waals surface area contributed by atoms with Crippen LogP contribution in [0.15, 0.2) is 24.3 Å². The highest BCUT2D eigenvalue weighted by molar-refractivity contribution is 7.19. The van der Waals surface area contributed by atoms with Gasteiger partial charge >= 0.3 is 0 Å². The zero-order valence-electron chi connectivity index (χ0n) is 14.1. The monoisotopic (exact) mass is 375 g/mol. The molecule has 6 heteroatoms. The Hall–Kier alpha value is -1.72. The molecule has 0 spiro atoms. The van der Waals surface area contributed by atoms with Gasteiger partial charge in [0.2, 0.25) is 5.28 Å². The second-order valence-electron chi connectivity index (χ2n) is 6.44. The Morgan fingerprint density at radius 3 is 2.40 bits per heavy atom. The van der Waals surface area contributed by atoms with Gasteiger partial charge in [-0.2, -0.15) is 4.98 Å². The van der Waals surface area contributed by atoms with Gasteiger partial charge in [-0.1, -0.05) is 25.0 Å². The maximum Gasteiger partial charge on any atom is 0.225 e. The van der Waals surface area contributed by atoms with Gasteiger partial charge in [0.1, 0.15) is 16.5 Å².